The molecule has 0 fully saturated rings. The van der Waals surface area contributed by atoms with Gasteiger partial charge in [0.05, 0.1) is 6.04 Å². The van der Waals surface area contributed by atoms with Gasteiger partial charge in [0.2, 0.25) is 0 Å². The molecule has 0 amide bonds. The van der Waals surface area contributed by atoms with Crippen molar-refractivity contribution >= 4 is 38.9 Å². The molecule has 0 aliphatic carbocycles. The van der Waals surface area contributed by atoms with Crippen LogP contribution in [0, 0.1) is 0 Å². The van der Waals surface area contributed by atoms with Crippen LogP contribution >= 0.6 is 38.9 Å². The molecule has 3 N–H and O–H groups in total. The zero-order chi connectivity index (χ0) is 13.8. The fraction of sp³-hybridized carbons (Fsp3) is 0.286. The number of nitrogens with two attached hydrogens (primary N) is 1. The van der Waals surface area contributed by atoms with Crippen LogP contribution in [0.5, 0.6) is 0 Å². The predicted molar refractivity (Wildman–Crippen MR) is 86.6 cm³/mol. The average molecular weight is 360 g/mol. The zero-order valence-corrected chi connectivity index (χ0v) is 13.8. The third kappa shape index (κ3) is 3.80. The maximum Gasteiger partial charge on any atom is 0.0522 e. The molecular formula is C14H16BrClN2S. The van der Waals surface area contributed by atoms with Crippen molar-refractivity contribution in [2.75, 3.05) is 0 Å². The Morgan fingerprint density at radius 2 is 2.05 bits per heavy atom. The molecule has 2 rings (SSSR count). The third-order valence-electron chi connectivity index (χ3n) is 3.01. The van der Waals surface area contributed by atoms with Crippen LogP contribution in [-0.4, -0.2) is 0 Å². The van der Waals surface area contributed by atoms with Gasteiger partial charge < -0.3 is 0 Å². The first-order valence-electron chi connectivity index (χ1n) is 6.12. The molecule has 2 aromatic rings. The molecule has 102 valence electrons. The molecule has 1 aromatic heterocycles. The van der Waals surface area contributed by atoms with Crippen LogP contribution in [0.25, 0.3) is 0 Å². The number of thiophene rings is 1. The average Bonchev–Trinajstić information content (AvgIpc) is 2.84. The molecule has 0 bridgehead atoms. The van der Waals surface area contributed by atoms with Gasteiger partial charge in [-0.25, -0.2) is 0 Å². The highest BCUT2D eigenvalue weighted by molar-refractivity contribution is 9.10. The number of benzene rings is 1. The minimum absolute atomic E-state index is 0.0314. The first-order valence-corrected chi connectivity index (χ1v) is 8.11. The summed E-state index contributed by atoms with van der Waals surface area (Å²) >= 11 is 11.5. The molecule has 0 spiro atoms. The molecule has 1 aromatic carbocycles. The van der Waals surface area contributed by atoms with Crippen molar-refractivity contribution in [2.24, 2.45) is 5.84 Å². The first-order chi connectivity index (χ1) is 9.13. The summed E-state index contributed by atoms with van der Waals surface area (Å²) in [6, 6.07) is 10.3. The summed E-state index contributed by atoms with van der Waals surface area (Å²) in [6.45, 7) is 2.17. The Kier molecular flexibility index (Phi) is 5.42. The van der Waals surface area contributed by atoms with Gasteiger partial charge in [0, 0.05) is 25.7 Å². The van der Waals surface area contributed by atoms with Crippen molar-refractivity contribution in [3.8, 4) is 0 Å². The Hall–Kier alpha value is -0.390. The normalized spacial score (nSPS) is 12.6. The van der Waals surface area contributed by atoms with Crippen LogP contribution < -0.4 is 11.3 Å². The Morgan fingerprint density at radius 3 is 2.63 bits per heavy atom. The summed E-state index contributed by atoms with van der Waals surface area (Å²) in [6.07, 6.45) is 1.92. The van der Waals surface area contributed by atoms with Crippen molar-refractivity contribution < 1.29 is 0 Å². The topological polar surface area (TPSA) is 38.0 Å². The SMILES string of the molecule is CCc1ccc(CC(NN)c2ccc(Br)cc2Cl)s1. The van der Waals surface area contributed by atoms with E-state index in [-0.39, 0.29) is 6.04 Å². The van der Waals surface area contributed by atoms with Crippen LogP contribution in [0.1, 0.15) is 28.3 Å². The lowest BCUT2D eigenvalue weighted by Crippen LogP contribution is -2.29. The molecule has 19 heavy (non-hydrogen) atoms. The summed E-state index contributed by atoms with van der Waals surface area (Å²) in [4.78, 5) is 2.71. The monoisotopic (exact) mass is 358 g/mol. The highest BCUT2D eigenvalue weighted by Crippen LogP contribution is 2.30. The maximum absolute atomic E-state index is 6.28. The van der Waals surface area contributed by atoms with Gasteiger partial charge in [0.1, 0.15) is 0 Å². The van der Waals surface area contributed by atoms with Crippen molar-refractivity contribution in [1.82, 2.24) is 5.43 Å². The number of hydrogen-bond acceptors (Lipinski definition) is 3. The quantitative estimate of drug-likeness (QED) is 0.610. The van der Waals surface area contributed by atoms with Crippen LogP contribution in [0.2, 0.25) is 5.02 Å². The van der Waals surface area contributed by atoms with Gasteiger partial charge in [0.25, 0.3) is 0 Å². The number of nitrogens with one attached hydrogen (secondary N) is 1. The molecule has 1 unspecified atom stereocenters. The van der Waals surface area contributed by atoms with Gasteiger partial charge in [-0.15, -0.1) is 11.3 Å². The summed E-state index contributed by atoms with van der Waals surface area (Å²) in [5.41, 5.74) is 3.89. The maximum atomic E-state index is 6.28. The minimum Gasteiger partial charge on any atom is -0.271 e. The Bertz CT molecular complexity index is 556. The van der Waals surface area contributed by atoms with E-state index < -0.39 is 0 Å². The second-order valence-electron chi connectivity index (χ2n) is 4.31. The summed E-state index contributed by atoms with van der Waals surface area (Å²) in [5, 5.41) is 0.726. The molecule has 0 radical (unpaired) electrons. The predicted octanol–water partition coefficient (Wildman–Crippen LogP) is 4.47. The number of hydrazine groups is 1. The fourth-order valence-electron chi connectivity index (χ4n) is 1.97. The lowest BCUT2D eigenvalue weighted by atomic mass is 10.0. The lowest BCUT2D eigenvalue weighted by Gasteiger charge is -2.17. The van der Waals surface area contributed by atoms with E-state index in [0.29, 0.717) is 0 Å². The molecule has 0 saturated heterocycles. The van der Waals surface area contributed by atoms with Crippen molar-refractivity contribution in [2.45, 2.75) is 25.8 Å². The fourth-order valence-corrected chi connectivity index (χ4v) is 3.77. The molecule has 5 heteroatoms. The van der Waals surface area contributed by atoms with Gasteiger partial charge >= 0.3 is 0 Å². The van der Waals surface area contributed by atoms with Gasteiger partial charge in [-0.3, -0.25) is 11.3 Å². The lowest BCUT2D eigenvalue weighted by molar-refractivity contribution is 0.556. The van der Waals surface area contributed by atoms with Crippen molar-refractivity contribution in [3.63, 3.8) is 0 Å². The number of hydrogen-bond donors (Lipinski definition) is 2. The molecular weight excluding hydrogens is 344 g/mol. The standard InChI is InChI=1S/C14H16BrClN2S/c1-2-10-4-5-11(19-10)8-14(18-17)12-6-3-9(15)7-13(12)16/h3-7,14,18H,2,8,17H2,1H3. The Labute approximate surface area is 131 Å². The highest BCUT2D eigenvalue weighted by atomic mass is 79.9. The molecule has 0 aliphatic rings. The molecule has 0 aliphatic heterocycles. The second-order valence-corrected chi connectivity index (χ2v) is 6.89. The van der Waals surface area contributed by atoms with Crippen LogP contribution in [0.3, 0.4) is 0 Å². The smallest absolute Gasteiger partial charge is 0.0522 e. The van der Waals surface area contributed by atoms with E-state index >= 15 is 0 Å². The zero-order valence-electron chi connectivity index (χ0n) is 10.6. The van der Waals surface area contributed by atoms with Gasteiger partial charge in [-0.2, -0.15) is 0 Å². The third-order valence-corrected chi connectivity index (χ3v) is 5.08. The van der Waals surface area contributed by atoms with Crippen LogP contribution in [0.4, 0.5) is 0 Å². The minimum atomic E-state index is 0.0314. The number of aryl methyl sites for hydroxylation is 1. The van der Waals surface area contributed by atoms with Crippen molar-refractivity contribution in [3.05, 3.63) is 55.1 Å². The van der Waals surface area contributed by atoms with Crippen LogP contribution in [-0.2, 0) is 12.8 Å². The van der Waals surface area contributed by atoms with Gasteiger partial charge in [-0.1, -0.05) is 40.5 Å². The molecule has 2 nitrogen and oxygen atoms in total. The van der Waals surface area contributed by atoms with E-state index in [1.54, 1.807) is 0 Å². The largest absolute Gasteiger partial charge is 0.271 e. The second kappa shape index (κ2) is 6.86. The summed E-state index contributed by atoms with van der Waals surface area (Å²) < 4.78 is 0.974. The molecule has 1 heterocycles. The summed E-state index contributed by atoms with van der Waals surface area (Å²) in [5.74, 6) is 5.68. The Morgan fingerprint density at radius 1 is 1.32 bits per heavy atom. The van der Waals surface area contributed by atoms with Gasteiger partial charge in [0.15, 0.2) is 0 Å². The van der Waals surface area contributed by atoms with Crippen LogP contribution in [0.15, 0.2) is 34.8 Å². The van der Waals surface area contributed by atoms with E-state index in [9.17, 15) is 0 Å². The van der Waals surface area contributed by atoms with E-state index in [2.05, 4.69) is 40.4 Å². The summed E-state index contributed by atoms with van der Waals surface area (Å²) in [7, 11) is 0. The number of halogens is 2. The highest BCUT2D eigenvalue weighted by Gasteiger charge is 2.15. The van der Waals surface area contributed by atoms with E-state index in [4.69, 9.17) is 17.4 Å². The van der Waals surface area contributed by atoms with Gasteiger partial charge in [-0.05, 0) is 36.2 Å². The molecule has 1 atom stereocenters. The molecule has 0 saturated carbocycles. The Balaban J connectivity index is 2.19. The number of rotatable bonds is 5. The first kappa shape index (κ1) is 15.0. The van der Waals surface area contributed by atoms with Crippen molar-refractivity contribution in [1.29, 1.82) is 0 Å². The van der Waals surface area contributed by atoms with E-state index in [1.165, 1.54) is 9.75 Å². The van der Waals surface area contributed by atoms with E-state index in [1.807, 2.05) is 29.5 Å². The van der Waals surface area contributed by atoms with E-state index in [0.717, 1.165) is 27.9 Å².